The fourth-order valence-corrected chi connectivity index (χ4v) is 1.30. The van der Waals surface area contributed by atoms with E-state index in [0.717, 1.165) is 0 Å². The summed E-state index contributed by atoms with van der Waals surface area (Å²) in [5.74, 6) is 0.100. The van der Waals surface area contributed by atoms with Crippen molar-refractivity contribution in [1.29, 1.82) is 0 Å². The van der Waals surface area contributed by atoms with E-state index in [4.69, 9.17) is 4.74 Å². The zero-order valence-electron chi connectivity index (χ0n) is 9.59. The van der Waals surface area contributed by atoms with Gasteiger partial charge in [0.1, 0.15) is 23.0 Å². The molecule has 1 heterocycles. The normalized spacial score (nSPS) is 9.89. The highest BCUT2D eigenvalue weighted by atomic mass is 19.1. The number of pyridine rings is 1. The van der Waals surface area contributed by atoms with E-state index in [1.165, 1.54) is 43.6 Å². The molecule has 0 radical (unpaired) electrons. The molecule has 5 heteroatoms. The number of nitrogens with zero attached hydrogens (tertiary/aromatic N) is 1. The number of hydrogen-bond acceptors (Lipinski definition) is 4. The van der Waals surface area contributed by atoms with E-state index in [2.05, 4.69) is 9.72 Å². The number of hydrogen-bond donors (Lipinski definition) is 0. The summed E-state index contributed by atoms with van der Waals surface area (Å²) in [5.41, 5.74) is 0.198. The lowest BCUT2D eigenvalue weighted by Gasteiger charge is -2.05. The van der Waals surface area contributed by atoms with Crippen molar-refractivity contribution < 1.29 is 18.7 Å². The van der Waals surface area contributed by atoms with Crippen LogP contribution in [0.2, 0.25) is 0 Å². The van der Waals surface area contributed by atoms with Gasteiger partial charge in [-0.3, -0.25) is 0 Å². The molecule has 0 unspecified atom stereocenters. The zero-order chi connectivity index (χ0) is 13.0. The van der Waals surface area contributed by atoms with Gasteiger partial charge in [-0.2, -0.15) is 0 Å². The van der Waals surface area contributed by atoms with Gasteiger partial charge in [-0.1, -0.05) is 0 Å². The summed E-state index contributed by atoms with van der Waals surface area (Å²) >= 11 is 0. The molecule has 2 rings (SSSR count). The van der Waals surface area contributed by atoms with Crippen LogP contribution in [0.1, 0.15) is 10.5 Å². The van der Waals surface area contributed by atoms with Crippen molar-refractivity contribution in [2.45, 2.75) is 0 Å². The molecule has 92 valence electrons. The molecule has 2 aromatic rings. The molecular weight excluding hydrogens is 237 g/mol. The van der Waals surface area contributed by atoms with E-state index in [-0.39, 0.29) is 11.5 Å². The van der Waals surface area contributed by atoms with Gasteiger partial charge in [-0.25, -0.2) is 14.2 Å². The second-order valence-corrected chi connectivity index (χ2v) is 3.43. The highest BCUT2D eigenvalue weighted by Gasteiger charge is 2.06. The van der Waals surface area contributed by atoms with E-state index in [0.29, 0.717) is 11.5 Å². The molecule has 1 aromatic heterocycles. The lowest BCUT2D eigenvalue weighted by molar-refractivity contribution is 0.0594. The van der Waals surface area contributed by atoms with Crippen molar-refractivity contribution in [2.24, 2.45) is 0 Å². The van der Waals surface area contributed by atoms with Crippen LogP contribution < -0.4 is 4.74 Å². The summed E-state index contributed by atoms with van der Waals surface area (Å²) in [4.78, 5) is 15.0. The Morgan fingerprint density at radius 2 is 1.78 bits per heavy atom. The number of carbonyl (C=O) groups excluding carboxylic acids is 1. The quantitative estimate of drug-likeness (QED) is 0.782. The van der Waals surface area contributed by atoms with Gasteiger partial charge in [-0.15, -0.1) is 0 Å². The Morgan fingerprint density at radius 3 is 2.33 bits per heavy atom. The summed E-state index contributed by atoms with van der Waals surface area (Å²) < 4.78 is 22.6. The Labute approximate surface area is 103 Å². The van der Waals surface area contributed by atoms with Crippen LogP contribution in [-0.4, -0.2) is 18.1 Å². The number of rotatable bonds is 3. The van der Waals surface area contributed by atoms with E-state index in [1.807, 2.05) is 0 Å². The minimum atomic E-state index is -0.511. The number of methoxy groups -OCH3 is 1. The summed E-state index contributed by atoms with van der Waals surface area (Å²) in [5, 5.41) is 0. The zero-order valence-corrected chi connectivity index (χ0v) is 9.59. The first-order valence-electron chi connectivity index (χ1n) is 5.17. The van der Waals surface area contributed by atoms with Crippen LogP contribution in [0, 0.1) is 5.82 Å². The smallest absolute Gasteiger partial charge is 0.356 e. The maximum atomic E-state index is 12.7. The van der Waals surface area contributed by atoms with Gasteiger partial charge in [0.05, 0.1) is 13.3 Å². The molecule has 0 fully saturated rings. The molecule has 0 amide bonds. The lowest BCUT2D eigenvalue weighted by atomic mass is 10.3. The van der Waals surface area contributed by atoms with Gasteiger partial charge >= 0.3 is 5.97 Å². The molecular formula is C13H10FNO3. The number of carbonyl (C=O) groups is 1. The number of esters is 1. The highest BCUT2D eigenvalue weighted by Crippen LogP contribution is 2.20. The van der Waals surface area contributed by atoms with Crippen molar-refractivity contribution in [3.05, 3.63) is 54.1 Å². The Bertz CT molecular complexity index is 537. The molecule has 0 aliphatic heterocycles. The molecule has 0 N–H and O–H groups in total. The van der Waals surface area contributed by atoms with Gasteiger partial charge in [0.15, 0.2) is 0 Å². The third-order valence-corrected chi connectivity index (χ3v) is 2.18. The van der Waals surface area contributed by atoms with Gasteiger partial charge in [0.2, 0.25) is 0 Å². The van der Waals surface area contributed by atoms with Crippen molar-refractivity contribution in [2.75, 3.05) is 7.11 Å². The number of halogens is 1. The number of ether oxygens (including phenoxy) is 2. The molecule has 0 atom stereocenters. The molecule has 0 bridgehead atoms. The second-order valence-electron chi connectivity index (χ2n) is 3.43. The molecule has 18 heavy (non-hydrogen) atoms. The van der Waals surface area contributed by atoms with E-state index >= 15 is 0 Å². The van der Waals surface area contributed by atoms with Crippen molar-refractivity contribution in [3.8, 4) is 11.5 Å². The standard InChI is InChI=1S/C13H10FNO3/c1-17-13(16)12-7-6-11(8-15-12)18-10-4-2-9(14)3-5-10/h2-8H,1H3. The minimum absolute atomic E-state index is 0.198. The number of benzene rings is 1. The predicted molar refractivity (Wildman–Crippen MR) is 62.1 cm³/mol. The average Bonchev–Trinajstić information content (AvgIpc) is 2.41. The Kier molecular flexibility index (Phi) is 3.52. The van der Waals surface area contributed by atoms with E-state index in [1.54, 1.807) is 6.07 Å². The van der Waals surface area contributed by atoms with Gasteiger partial charge in [0.25, 0.3) is 0 Å². The van der Waals surface area contributed by atoms with E-state index < -0.39 is 5.97 Å². The Hall–Kier alpha value is -2.43. The van der Waals surface area contributed by atoms with Crippen LogP contribution in [0.4, 0.5) is 4.39 Å². The topological polar surface area (TPSA) is 48.4 Å². The summed E-state index contributed by atoms with van der Waals surface area (Å²) in [7, 11) is 1.28. The summed E-state index contributed by atoms with van der Waals surface area (Å²) in [6.07, 6.45) is 1.40. The largest absolute Gasteiger partial charge is 0.464 e. The van der Waals surface area contributed by atoms with Gasteiger partial charge < -0.3 is 9.47 Å². The Balaban J connectivity index is 2.10. The average molecular weight is 247 g/mol. The first-order valence-corrected chi connectivity index (χ1v) is 5.17. The van der Waals surface area contributed by atoms with Crippen molar-refractivity contribution in [3.63, 3.8) is 0 Å². The SMILES string of the molecule is COC(=O)c1ccc(Oc2ccc(F)cc2)cn1. The molecule has 0 aliphatic rings. The van der Waals surface area contributed by atoms with Gasteiger partial charge in [-0.05, 0) is 36.4 Å². The van der Waals surface area contributed by atoms with Crippen LogP contribution in [-0.2, 0) is 4.74 Å². The van der Waals surface area contributed by atoms with Crippen LogP contribution >= 0.6 is 0 Å². The maximum Gasteiger partial charge on any atom is 0.356 e. The van der Waals surface area contributed by atoms with Crippen LogP contribution in [0.15, 0.2) is 42.6 Å². The monoisotopic (exact) mass is 247 g/mol. The van der Waals surface area contributed by atoms with Crippen LogP contribution in [0.5, 0.6) is 11.5 Å². The minimum Gasteiger partial charge on any atom is -0.464 e. The molecule has 0 spiro atoms. The molecule has 4 nitrogen and oxygen atoms in total. The lowest BCUT2D eigenvalue weighted by Crippen LogP contribution is -2.03. The molecule has 0 saturated heterocycles. The first kappa shape index (κ1) is 12.0. The van der Waals surface area contributed by atoms with Crippen molar-refractivity contribution >= 4 is 5.97 Å². The molecule has 1 aromatic carbocycles. The first-order chi connectivity index (χ1) is 8.69. The second kappa shape index (κ2) is 5.27. The van der Waals surface area contributed by atoms with Crippen LogP contribution in [0.25, 0.3) is 0 Å². The van der Waals surface area contributed by atoms with E-state index in [9.17, 15) is 9.18 Å². The molecule has 0 saturated carbocycles. The van der Waals surface area contributed by atoms with Crippen LogP contribution in [0.3, 0.4) is 0 Å². The van der Waals surface area contributed by atoms with Crippen molar-refractivity contribution in [1.82, 2.24) is 4.98 Å². The number of aromatic nitrogens is 1. The Morgan fingerprint density at radius 1 is 1.11 bits per heavy atom. The summed E-state index contributed by atoms with van der Waals surface area (Å²) in [6, 6.07) is 8.68. The predicted octanol–water partition coefficient (Wildman–Crippen LogP) is 2.80. The third-order valence-electron chi connectivity index (χ3n) is 2.18. The highest BCUT2D eigenvalue weighted by molar-refractivity contribution is 5.87. The fraction of sp³-hybridized carbons (Fsp3) is 0.0769. The van der Waals surface area contributed by atoms with Gasteiger partial charge in [0, 0.05) is 0 Å². The fourth-order valence-electron chi connectivity index (χ4n) is 1.30. The molecule has 0 aliphatic carbocycles. The summed E-state index contributed by atoms with van der Waals surface area (Å²) in [6.45, 7) is 0. The third kappa shape index (κ3) is 2.82. The maximum absolute atomic E-state index is 12.7.